The van der Waals surface area contributed by atoms with Gasteiger partial charge in [0.1, 0.15) is 0 Å². The molecule has 184 valence electrons. The first-order valence-corrected chi connectivity index (χ1v) is 14.0. The molecule has 1 saturated carbocycles. The summed E-state index contributed by atoms with van der Waals surface area (Å²) in [5.41, 5.74) is 1.22. The molecule has 0 bridgehead atoms. The summed E-state index contributed by atoms with van der Waals surface area (Å²) in [5.74, 6) is -0.186. The second kappa shape index (κ2) is 10.4. The molecule has 1 aromatic carbocycles. The van der Waals surface area contributed by atoms with E-state index in [0.29, 0.717) is 18.7 Å². The Labute approximate surface area is 198 Å². The monoisotopic (exact) mass is 477 g/mol. The number of nitrogens with one attached hydrogen (secondary N) is 1. The topological polar surface area (TPSA) is 79.0 Å². The molecule has 1 amide bonds. The SMILES string of the molecule is Cc1ccc(S(=O)(=O)N2CCCCC2C)cc1C(=O)NCC1(N2CCOCC2)CCCCC1. The molecule has 0 spiro atoms. The largest absolute Gasteiger partial charge is 0.379 e. The zero-order valence-electron chi connectivity index (χ0n) is 20.1. The summed E-state index contributed by atoms with van der Waals surface area (Å²) in [6.07, 6.45) is 8.56. The van der Waals surface area contributed by atoms with E-state index in [1.54, 1.807) is 22.5 Å². The van der Waals surface area contributed by atoms with Gasteiger partial charge >= 0.3 is 0 Å². The van der Waals surface area contributed by atoms with Crippen LogP contribution in [0.4, 0.5) is 0 Å². The molecule has 1 aliphatic carbocycles. The van der Waals surface area contributed by atoms with Crippen molar-refractivity contribution in [2.75, 3.05) is 39.4 Å². The molecule has 7 nitrogen and oxygen atoms in total. The number of carbonyl (C=O) groups is 1. The Kier molecular flexibility index (Phi) is 7.78. The lowest BCUT2D eigenvalue weighted by Gasteiger charge is -2.48. The zero-order valence-corrected chi connectivity index (χ0v) is 21.0. The molecule has 0 radical (unpaired) electrons. The summed E-state index contributed by atoms with van der Waals surface area (Å²) in [4.78, 5) is 16.0. The second-order valence-corrected chi connectivity index (χ2v) is 11.9. The molecule has 3 aliphatic rings. The van der Waals surface area contributed by atoms with Crippen LogP contribution in [0, 0.1) is 6.92 Å². The normalized spacial score (nSPS) is 25.0. The van der Waals surface area contributed by atoms with Crippen molar-refractivity contribution in [3.63, 3.8) is 0 Å². The van der Waals surface area contributed by atoms with Gasteiger partial charge in [-0.15, -0.1) is 0 Å². The number of piperidine rings is 1. The van der Waals surface area contributed by atoms with Crippen LogP contribution in [0.2, 0.25) is 0 Å². The molecule has 1 unspecified atom stereocenters. The molecular formula is C25H39N3O4S. The number of nitrogens with zero attached hydrogens (tertiary/aromatic N) is 2. The number of aryl methyl sites for hydroxylation is 1. The van der Waals surface area contributed by atoms with Gasteiger partial charge in [-0.25, -0.2) is 8.42 Å². The van der Waals surface area contributed by atoms with Gasteiger partial charge in [-0.3, -0.25) is 9.69 Å². The number of benzene rings is 1. The number of sulfonamides is 1. The van der Waals surface area contributed by atoms with E-state index in [1.807, 2.05) is 13.8 Å². The van der Waals surface area contributed by atoms with E-state index in [2.05, 4.69) is 10.2 Å². The minimum absolute atomic E-state index is 0.0120. The fourth-order valence-electron chi connectivity index (χ4n) is 5.76. The van der Waals surface area contributed by atoms with Gasteiger partial charge in [-0.2, -0.15) is 4.31 Å². The summed E-state index contributed by atoms with van der Waals surface area (Å²) >= 11 is 0. The number of hydrogen-bond acceptors (Lipinski definition) is 5. The van der Waals surface area contributed by atoms with Crippen molar-refractivity contribution in [2.45, 2.75) is 81.7 Å². The van der Waals surface area contributed by atoms with Crippen molar-refractivity contribution in [2.24, 2.45) is 0 Å². The quantitative estimate of drug-likeness (QED) is 0.680. The number of amides is 1. The Hall–Kier alpha value is -1.48. The predicted octanol–water partition coefficient (Wildman–Crippen LogP) is 3.32. The Morgan fingerprint density at radius 1 is 1.09 bits per heavy atom. The molecule has 1 N–H and O–H groups in total. The molecule has 2 heterocycles. The van der Waals surface area contributed by atoms with Crippen LogP contribution in [0.15, 0.2) is 23.1 Å². The van der Waals surface area contributed by atoms with Crippen molar-refractivity contribution in [1.29, 1.82) is 0 Å². The summed E-state index contributed by atoms with van der Waals surface area (Å²) in [5, 5.41) is 3.18. The van der Waals surface area contributed by atoms with Crippen LogP contribution in [0.25, 0.3) is 0 Å². The van der Waals surface area contributed by atoms with Crippen molar-refractivity contribution in [3.8, 4) is 0 Å². The van der Waals surface area contributed by atoms with Crippen molar-refractivity contribution >= 4 is 15.9 Å². The van der Waals surface area contributed by atoms with E-state index in [4.69, 9.17) is 4.74 Å². The fraction of sp³-hybridized carbons (Fsp3) is 0.720. The summed E-state index contributed by atoms with van der Waals surface area (Å²) in [6, 6.07) is 4.96. The van der Waals surface area contributed by atoms with E-state index >= 15 is 0 Å². The average Bonchev–Trinajstić information content (AvgIpc) is 2.84. The Balaban J connectivity index is 1.52. The Morgan fingerprint density at radius 2 is 1.82 bits per heavy atom. The summed E-state index contributed by atoms with van der Waals surface area (Å²) in [6.45, 7) is 8.24. The smallest absolute Gasteiger partial charge is 0.251 e. The minimum Gasteiger partial charge on any atom is -0.379 e. The molecule has 1 atom stereocenters. The lowest BCUT2D eigenvalue weighted by Crippen LogP contribution is -2.59. The molecule has 33 heavy (non-hydrogen) atoms. The van der Waals surface area contributed by atoms with Crippen LogP contribution in [-0.2, 0) is 14.8 Å². The number of ether oxygens (including phenoxy) is 1. The maximum atomic E-state index is 13.3. The highest BCUT2D eigenvalue weighted by Gasteiger charge is 2.39. The maximum absolute atomic E-state index is 13.3. The lowest BCUT2D eigenvalue weighted by atomic mass is 9.79. The van der Waals surface area contributed by atoms with Gasteiger partial charge in [0.2, 0.25) is 10.0 Å². The summed E-state index contributed by atoms with van der Waals surface area (Å²) < 4.78 is 33.8. The van der Waals surface area contributed by atoms with Crippen LogP contribution < -0.4 is 5.32 Å². The molecule has 0 aromatic heterocycles. The minimum atomic E-state index is -3.62. The van der Waals surface area contributed by atoms with Crippen molar-refractivity contribution in [1.82, 2.24) is 14.5 Å². The molecule has 3 fully saturated rings. The van der Waals surface area contributed by atoms with Crippen LogP contribution in [0.5, 0.6) is 0 Å². The molecule has 8 heteroatoms. The van der Waals surface area contributed by atoms with Crippen molar-refractivity contribution < 1.29 is 17.9 Å². The van der Waals surface area contributed by atoms with Crippen LogP contribution in [-0.4, -0.2) is 74.5 Å². The number of carbonyl (C=O) groups excluding carboxylic acids is 1. The predicted molar refractivity (Wildman–Crippen MR) is 129 cm³/mol. The highest BCUT2D eigenvalue weighted by molar-refractivity contribution is 7.89. The van der Waals surface area contributed by atoms with E-state index in [9.17, 15) is 13.2 Å². The highest BCUT2D eigenvalue weighted by atomic mass is 32.2. The highest BCUT2D eigenvalue weighted by Crippen LogP contribution is 2.34. The first-order chi connectivity index (χ1) is 15.8. The first kappa shape index (κ1) is 24.6. The number of rotatable bonds is 6. The zero-order chi connectivity index (χ0) is 23.5. The fourth-order valence-corrected chi connectivity index (χ4v) is 7.49. The Bertz CT molecular complexity index is 937. The van der Waals surface area contributed by atoms with Gasteiger partial charge < -0.3 is 10.1 Å². The van der Waals surface area contributed by atoms with Crippen LogP contribution in [0.3, 0.4) is 0 Å². The van der Waals surface area contributed by atoms with E-state index in [1.165, 1.54) is 19.3 Å². The number of hydrogen-bond donors (Lipinski definition) is 1. The maximum Gasteiger partial charge on any atom is 0.251 e. The van der Waals surface area contributed by atoms with Gasteiger partial charge in [0.15, 0.2) is 0 Å². The standard InChI is InChI=1S/C25H39N3O4S/c1-20-9-10-22(33(30,31)28-13-7-4-8-21(28)2)18-23(20)24(29)26-19-25(11-5-3-6-12-25)27-14-16-32-17-15-27/h9-10,18,21H,3-8,11-17,19H2,1-2H3,(H,26,29). The Morgan fingerprint density at radius 3 is 2.52 bits per heavy atom. The second-order valence-electron chi connectivity index (χ2n) is 10.0. The number of morpholine rings is 1. The van der Waals surface area contributed by atoms with Crippen LogP contribution in [0.1, 0.15) is 74.2 Å². The van der Waals surface area contributed by atoms with E-state index < -0.39 is 10.0 Å². The van der Waals surface area contributed by atoms with Crippen LogP contribution >= 0.6 is 0 Å². The van der Waals surface area contributed by atoms with Gasteiger partial charge in [-0.1, -0.05) is 31.7 Å². The molecule has 4 rings (SSSR count). The van der Waals surface area contributed by atoms with Crippen molar-refractivity contribution in [3.05, 3.63) is 29.3 Å². The van der Waals surface area contributed by atoms with E-state index in [0.717, 1.165) is 64.0 Å². The van der Waals surface area contributed by atoms with E-state index in [-0.39, 0.29) is 22.4 Å². The average molecular weight is 478 g/mol. The van der Waals surface area contributed by atoms with Gasteiger partial charge in [0.25, 0.3) is 5.91 Å². The summed E-state index contributed by atoms with van der Waals surface area (Å²) in [7, 11) is -3.62. The third-order valence-corrected chi connectivity index (χ3v) is 9.86. The van der Waals surface area contributed by atoms with Gasteiger partial charge in [0, 0.05) is 43.3 Å². The third-order valence-electron chi connectivity index (χ3n) is 7.85. The van der Waals surface area contributed by atoms with Gasteiger partial charge in [0.05, 0.1) is 18.1 Å². The lowest BCUT2D eigenvalue weighted by molar-refractivity contribution is -0.0361. The third kappa shape index (κ3) is 5.29. The molecule has 2 saturated heterocycles. The molecule has 1 aromatic rings. The first-order valence-electron chi connectivity index (χ1n) is 12.6. The molecular weight excluding hydrogens is 438 g/mol. The molecule has 2 aliphatic heterocycles. The van der Waals surface area contributed by atoms with Gasteiger partial charge in [-0.05, 0) is 57.2 Å².